The molecule has 0 N–H and O–H groups in total. The highest BCUT2D eigenvalue weighted by atomic mass is 16.5. The molecule has 164 valence electrons. The first-order valence-electron chi connectivity index (χ1n) is 10.9. The standard InChI is InChI=1S/C24H30N4O3/c1-4-31-22-8-6-5-7-21(22)26-15-13-25(14-16-26)17-27-23(29)19(3)28(24(27)30)20-11-9-18(2)10-12-20/h5-12,19H,4,13-17H2,1-3H3/t19-/m1/s1. The minimum Gasteiger partial charge on any atom is -0.492 e. The second-order valence-corrected chi connectivity index (χ2v) is 8.08. The SMILES string of the molecule is CCOc1ccccc1N1CCN(CN2C(=O)[C@@H](C)N(c3ccc(C)cc3)C2=O)CC1. The van der Waals surface area contributed by atoms with Crippen LogP contribution in [0.25, 0.3) is 0 Å². The predicted octanol–water partition coefficient (Wildman–Crippen LogP) is 3.33. The Hall–Kier alpha value is -3.06. The Balaban J connectivity index is 1.40. The van der Waals surface area contributed by atoms with Gasteiger partial charge >= 0.3 is 6.03 Å². The molecule has 0 saturated carbocycles. The number of ether oxygens (including phenoxy) is 1. The molecule has 31 heavy (non-hydrogen) atoms. The van der Waals surface area contributed by atoms with Crippen molar-refractivity contribution in [3.8, 4) is 5.75 Å². The van der Waals surface area contributed by atoms with Gasteiger partial charge in [-0.05, 0) is 45.0 Å². The van der Waals surface area contributed by atoms with E-state index in [0.29, 0.717) is 13.3 Å². The zero-order valence-corrected chi connectivity index (χ0v) is 18.5. The summed E-state index contributed by atoms with van der Waals surface area (Å²) in [6.07, 6.45) is 0. The first-order valence-corrected chi connectivity index (χ1v) is 10.9. The summed E-state index contributed by atoms with van der Waals surface area (Å²) < 4.78 is 5.77. The van der Waals surface area contributed by atoms with Gasteiger partial charge in [0, 0.05) is 31.9 Å². The number of carbonyl (C=O) groups is 2. The molecule has 2 aromatic rings. The Morgan fingerprint density at radius 2 is 1.65 bits per heavy atom. The van der Waals surface area contributed by atoms with Crippen molar-refractivity contribution in [3.63, 3.8) is 0 Å². The van der Waals surface area contributed by atoms with Crippen molar-refractivity contribution in [3.05, 3.63) is 54.1 Å². The van der Waals surface area contributed by atoms with Crippen molar-refractivity contribution in [2.24, 2.45) is 0 Å². The predicted molar refractivity (Wildman–Crippen MR) is 122 cm³/mol. The summed E-state index contributed by atoms with van der Waals surface area (Å²) in [6.45, 7) is 9.92. The van der Waals surface area contributed by atoms with Crippen molar-refractivity contribution in [2.75, 3.05) is 49.3 Å². The Kier molecular flexibility index (Phi) is 6.13. The van der Waals surface area contributed by atoms with E-state index in [2.05, 4.69) is 15.9 Å². The Labute approximate surface area is 183 Å². The third kappa shape index (κ3) is 4.23. The van der Waals surface area contributed by atoms with E-state index in [0.717, 1.165) is 48.9 Å². The minimum atomic E-state index is -0.491. The molecule has 2 aliphatic heterocycles. The average molecular weight is 423 g/mol. The Morgan fingerprint density at radius 3 is 2.32 bits per heavy atom. The molecule has 2 fully saturated rings. The lowest BCUT2D eigenvalue weighted by Crippen LogP contribution is -2.51. The molecule has 2 aliphatic rings. The zero-order chi connectivity index (χ0) is 22.0. The van der Waals surface area contributed by atoms with Crippen LogP contribution in [0.5, 0.6) is 5.75 Å². The molecule has 0 unspecified atom stereocenters. The van der Waals surface area contributed by atoms with Crippen LogP contribution in [0.15, 0.2) is 48.5 Å². The van der Waals surface area contributed by atoms with Gasteiger partial charge in [0.2, 0.25) is 0 Å². The van der Waals surface area contributed by atoms with Gasteiger partial charge in [-0.1, -0.05) is 29.8 Å². The lowest BCUT2D eigenvalue weighted by atomic mass is 10.2. The second-order valence-electron chi connectivity index (χ2n) is 8.08. The summed E-state index contributed by atoms with van der Waals surface area (Å²) in [4.78, 5) is 33.4. The topological polar surface area (TPSA) is 56.3 Å². The maximum Gasteiger partial charge on any atom is 0.333 e. The van der Waals surface area contributed by atoms with Crippen molar-refractivity contribution in [1.29, 1.82) is 0 Å². The lowest BCUT2D eigenvalue weighted by Gasteiger charge is -2.37. The fraction of sp³-hybridized carbons (Fsp3) is 0.417. The number of urea groups is 1. The van der Waals surface area contributed by atoms with E-state index in [1.54, 1.807) is 11.8 Å². The summed E-state index contributed by atoms with van der Waals surface area (Å²) in [7, 11) is 0. The van der Waals surface area contributed by atoms with Crippen molar-refractivity contribution < 1.29 is 14.3 Å². The molecule has 3 amide bonds. The molecular weight excluding hydrogens is 392 g/mol. The lowest BCUT2D eigenvalue weighted by molar-refractivity contribution is -0.128. The number of aryl methyl sites for hydroxylation is 1. The molecule has 2 saturated heterocycles. The first kappa shape index (κ1) is 21.2. The van der Waals surface area contributed by atoms with Crippen LogP contribution >= 0.6 is 0 Å². The minimum absolute atomic E-state index is 0.144. The van der Waals surface area contributed by atoms with E-state index in [1.165, 1.54) is 4.90 Å². The van der Waals surface area contributed by atoms with Crippen LogP contribution in [0.3, 0.4) is 0 Å². The summed E-state index contributed by atoms with van der Waals surface area (Å²) in [5.41, 5.74) is 2.97. The van der Waals surface area contributed by atoms with Gasteiger partial charge in [0.25, 0.3) is 5.91 Å². The largest absolute Gasteiger partial charge is 0.492 e. The van der Waals surface area contributed by atoms with Gasteiger partial charge in [-0.2, -0.15) is 0 Å². The van der Waals surface area contributed by atoms with Gasteiger partial charge in [0.05, 0.1) is 19.0 Å². The van der Waals surface area contributed by atoms with Crippen LogP contribution in [0.2, 0.25) is 0 Å². The quantitative estimate of drug-likeness (QED) is 0.669. The number of rotatable bonds is 6. The molecule has 7 heteroatoms. The molecule has 0 aromatic heterocycles. The number of amides is 3. The fourth-order valence-electron chi connectivity index (χ4n) is 4.22. The molecule has 0 radical (unpaired) electrons. The molecule has 0 bridgehead atoms. The van der Waals surface area contributed by atoms with Crippen molar-refractivity contribution in [2.45, 2.75) is 26.8 Å². The Bertz CT molecular complexity index is 938. The molecule has 2 heterocycles. The average Bonchev–Trinajstić information content (AvgIpc) is 2.99. The van der Waals surface area contributed by atoms with E-state index in [1.807, 2.05) is 56.3 Å². The zero-order valence-electron chi connectivity index (χ0n) is 18.5. The highest BCUT2D eigenvalue weighted by Gasteiger charge is 2.44. The number of imide groups is 1. The second kappa shape index (κ2) is 8.98. The number of hydrogen-bond donors (Lipinski definition) is 0. The van der Waals surface area contributed by atoms with Gasteiger partial charge in [-0.15, -0.1) is 0 Å². The summed E-state index contributed by atoms with van der Waals surface area (Å²) in [6, 6.07) is 15.1. The van der Waals surface area contributed by atoms with E-state index < -0.39 is 6.04 Å². The number of benzene rings is 2. The highest BCUT2D eigenvalue weighted by molar-refractivity contribution is 6.14. The fourth-order valence-corrected chi connectivity index (χ4v) is 4.22. The van der Waals surface area contributed by atoms with E-state index in [9.17, 15) is 9.59 Å². The monoisotopic (exact) mass is 422 g/mol. The molecule has 0 spiro atoms. The number of nitrogens with zero attached hydrogens (tertiary/aromatic N) is 4. The number of anilines is 2. The highest BCUT2D eigenvalue weighted by Crippen LogP contribution is 2.30. The first-order chi connectivity index (χ1) is 15.0. The number of hydrogen-bond acceptors (Lipinski definition) is 5. The van der Waals surface area contributed by atoms with Gasteiger partial charge in [-0.3, -0.25) is 14.6 Å². The summed E-state index contributed by atoms with van der Waals surface area (Å²) in [5.74, 6) is 0.751. The molecule has 0 aliphatic carbocycles. The third-order valence-electron chi connectivity index (χ3n) is 5.98. The third-order valence-corrected chi connectivity index (χ3v) is 5.98. The van der Waals surface area contributed by atoms with Crippen LogP contribution in [0, 0.1) is 6.92 Å². The molecule has 7 nitrogen and oxygen atoms in total. The summed E-state index contributed by atoms with van der Waals surface area (Å²) in [5, 5.41) is 0. The normalized spacial score (nSPS) is 20.0. The van der Waals surface area contributed by atoms with Gasteiger partial charge in [0.1, 0.15) is 11.8 Å². The van der Waals surface area contributed by atoms with Crippen LogP contribution in [0.4, 0.5) is 16.2 Å². The van der Waals surface area contributed by atoms with Crippen molar-refractivity contribution in [1.82, 2.24) is 9.80 Å². The van der Waals surface area contributed by atoms with Gasteiger partial charge in [0.15, 0.2) is 0 Å². The van der Waals surface area contributed by atoms with Crippen LogP contribution in [-0.4, -0.2) is 67.2 Å². The van der Waals surface area contributed by atoms with Crippen molar-refractivity contribution >= 4 is 23.3 Å². The molecule has 4 rings (SSSR count). The van der Waals surface area contributed by atoms with E-state index in [4.69, 9.17) is 4.74 Å². The van der Waals surface area contributed by atoms with Crippen LogP contribution in [-0.2, 0) is 4.79 Å². The van der Waals surface area contributed by atoms with Crippen LogP contribution in [0.1, 0.15) is 19.4 Å². The smallest absolute Gasteiger partial charge is 0.333 e. The number of para-hydroxylation sites is 2. The number of carbonyl (C=O) groups excluding carboxylic acids is 2. The number of piperazine rings is 1. The Morgan fingerprint density at radius 1 is 0.968 bits per heavy atom. The molecular formula is C24H30N4O3. The van der Waals surface area contributed by atoms with Crippen LogP contribution < -0.4 is 14.5 Å². The van der Waals surface area contributed by atoms with Gasteiger partial charge < -0.3 is 9.64 Å². The van der Waals surface area contributed by atoms with E-state index in [-0.39, 0.29) is 11.9 Å². The molecule has 1 atom stereocenters. The maximum atomic E-state index is 13.1. The maximum absolute atomic E-state index is 13.1. The van der Waals surface area contributed by atoms with Gasteiger partial charge in [-0.25, -0.2) is 9.69 Å². The summed E-state index contributed by atoms with van der Waals surface area (Å²) >= 11 is 0. The molecule has 2 aromatic carbocycles. The van der Waals surface area contributed by atoms with E-state index >= 15 is 0 Å².